The molecule has 0 atom stereocenters. The topological polar surface area (TPSA) is 0 Å². The van der Waals surface area contributed by atoms with Crippen LogP contribution in [0.3, 0.4) is 0 Å². The fourth-order valence-electron chi connectivity index (χ4n) is 0. The Morgan fingerprint density at radius 2 is 1.25 bits per heavy atom. The molecule has 0 spiro atoms. The van der Waals surface area contributed by atoms with Gasteiger partial charge in [-0.25, -0.2) is 0 Å². The van der Waals surface area contributed by atoms with Crippen molar-refractivity contribution in [3.8, 4) is 0 Å². The monoisotopic (exact) mass is 317 g/mol. The summed E-state index contributed by atoms with van der Waals surface area (Å²) in [5.41, 5.74) is 0. The minimum atomic E-state index is 0. The maximum Gasteiger partial charge on any atom is 2.00 e. The van der Waals surface area contributed by atoms with Crippen molar-refractivity contribution in [2.24, 2.45) is 0 Å². The predicted molar refractivity (Wildman–Crippen MR) is 25.9 cm³/mol. The van der Waals surface area contributed by atoms with Crippen molar-refractivity contribution in [3.05, 3.63) is 0 Å². The van der Waals surface area contributed by atoms with Crippen LogP contribution in [0, 0.1) is 0 Å². The van der Waals surface area contributed by atoms with Crippen molar-refractivity contribution in [3.63, 3.8) is 0 Å². The molecule has 0 aliphatic carbocycles. The van der Waals surface area contributed by atoms with E-state index in [1.807, 2.05) is 0 Å². The van der Waals surface area contributed by atoms with Crippen LogP contribution in [0.5, 0.6) is 0 Å². The van der Waals surface area contributed by atoms with Crippen molar-refractivity contribution < 1.29 is 22.8 Å². The summed E-state index contributed by atoms with van der Waals surface area (Å²) >= 11 is 0. The molecule has 0 aliphatic heterocycles. The van der Waals surface area contributed by atoms with Crippen molar-refractivity contribution in [2.75, 3.05) is 0 Å². The second-order valence-corrected chi connectivity index (χ2v) is 0. The van der Waals surface area contributed by atoms with Crippen LogP contribution in [0.1, 0.15) is 5.71 Å². The third kappa shape index (κ3) is 9.25. The van der Waals surface area contributed by atoms with E-state index in [1.165, 1.54) is 0 Å². The molecule has 0 aromatic rings. The summed E-state index contributed by atoms with van der Waals surface area (Å²) in [6.07, 6.45) is 0. The summed E-state index contributed by atoms with van der Waals surface area (Å²) < 4.78 is 0. The van der Waals surface area contributed by atoms with Gasteiger partial charge < -0.3 is 5.71 Å². The maximum atomic E-state index is 0. The molecule has 0 saturated heterocycles. The molecule has 0 aromatic carbocycles. The van der Waals surface area contributed by atoms with E-state index in [0.717, 1.165) is 0 Å². The summed E-state index contributed by atoms with van der Waals surface area (Å²) in [7, 11) is 0. The van der Waals surface area contributed by atoms with Crippen molar-refractivity contribution in [2.45, 2.75) is 0 Å². The van der Waals surface area contributed by atoms with Gasteiger partial charge >= 0.3 is 94.4 Å². The number of hydrogen-bond acceptors (Lipinski definition) is 0. The molecule has 1 radical (unpaired) electrons. The second kappa shape index (κ2) is 15.8. The molecule has 0 fully saturated rings. The van der Waals surface area contributed by atoms with E-state index in [1.54, 1.807) is 0 Å². The molecule has 23 valence electrons. The van der Waals surface area contributed by atoms with E-state index in [4.69, 9.17) is 0 Å². The predicted octanol–water partition coefficient (Wildman–Crippen LogP) is -1.50. The van der Waals surface area contributed by atoms with Crippen LogP contribution in [0.2, 0.25) is 0 Å². The Hall–Kier alpha value is 3.79. The van der Waals surface area contributed by atoms with Gasteiger partial charge in [-0.05, 0) is 11.0 Å². The molecule has 0 aromatic heterocycles. The summed E-state index contributed by atoms with van der Waals surface area (Å²) in [6.45, 7) is 0. The molecular formula is H7BaFeSiSr. The van der Waals surface area contributed by atoms with E-state index in [2.05, 4.69) is 0 Å². The molecule has 0 rings (SSSR count). The zero-order chi connectivity index (χ0) is 0. The SMILES string of the molecule is [Ba+2].[Fe].[H-].[H-].[H-].[H-].[SiH3].[Sr+2]. The van der Waals surface area contributed by atoms with Gasteiger partial charge in [0, 0.05) is 17.1 Å². The molecule has 0 aliphatic rings. The number of rotatable bonds is 0. The van der Waals surface area contributed by atoms with Gasteiger partial charge in [0.05, 0.1) is 0 Å². The molecule has 0 bridgehead atoms. The maximum absolute atomic E-state index is 0. The average Bonchev–Trinajstić information content (AvgIpc) is 0. The molecule has 0 unspecified atom stereocenters. The molecular weight excluding hydrogens is 309 g/mol. The zero-order valence-corrected chi connectivity index (χ0v) is 13.8. The third-order valence-corrected chi connectivity index (χ3v) is 0. The van der Waals surface area contributed by atoms with E-state index >= 15 is 0 Å². The van der Waals surface area contributed by atoms with Gasteiger partial charge in [-0.15, -0.1) is 0 Å². The van der Waals surface area contributed by atoms with Crippen LogP contribution in [0.4, 0.5) is 0 Å². The van der Waals surface area contributed by atoms with Gasteiger partial charge in [0.15, 0.2) is 0 Å². The summed E-state index contributed by atoms with van der Waals surface area (Å²) in [4.78, 5) is 0. The van der Waals surface area contributed by atoms with Crippen molar-refractivity contribution in [1.82, 2.24) is 0 Å². The zero-order valence-electron chi connectivity index (χ0n) is 6.77. The molecule has 0 saturated carbocycles. The molecule has 0 N–H and O–H groups in total. The van der Waals surface area contributed by atoms with Crippen LogP contribution in [0.25, 0.3) is 0 Å². The first-order chi connectivity index (χ1) is 0. The van der Waals surface area contributed by atoms with Crippen LogP contribution in [0.15, 0.2) is 0 Å². The molecule has 0 heterocycles. The molecule has 0 nitrogen and oxygen atoms in total. The van der Waals surface area contributed by atoms with Crippen LogP contribution < -0.4 is 0 Å². The standard InChI is InChI=1S/Ba.Fe.H3Si.Sr.4H/h;;1H3;;;;;/q+2;;;+2;4*-1. The fraction of sp³-hybridized carbons (Fsp3) is 0. The van der Waals surface area contributed by atoms with E-state index in [-0.39, 0.29) is 128 Å². The first-order valence-corrected chi connectivity index (χ1v) is 0. The Balaban J connectivity index is 0. The van der Waals surface area contributed by atoms with E-state index in [0.29, 0.717) is 0 Å². The van der Waals surface area contributed by atoms with Crippen LogP contribution in [-0.2, 0) is 17.1 Å². The van der Waals surface area contributed by atoms with Gasteiger partial charge in [0.1, 0.15) is 0 Å². The Bertz CT molecular complexity index is 16.0. The average molecular weight is 316 g/mol. The van der Waals surface area contributed by atoms with Gasteiger partial charge in [0.2, 0.25) is 0 Å². The van der Waals surface area contributed by atoms with E-state index in [9.17, 15) is 0 Å². The fourth-order valence-corrected chi connectivity index (χ4v) is 0. The second-order valence-electron chi connectivity index (χ2n) is 0. The Morgan fingerprint density at radius 3 is 1.25 bits per heavy atom. The number of hydrogen-bond donors (Lipinski definition) is 0. The van der Waals surface area contributed by atoms with Gasteiger partial charge in [-0.1, -0.05) is 0 Å². The largest absolute Gasteiger partial charge is 2.00 e. The normalized spacial score (nSPS) is 0. The van der Waals surface area contributed by atoms with Crippen molar-refractivity contribution in [1.29, 1.82) is 0 Å². The van der Waals surface area contributed by atoms with Gasteiger partial charge in [-0.3, -0.25) is 0 Å². The van der Waals surface area contributed by atoms with E-state index < -0.39 is 0 Å². The summed E-state index contributed by atoms with van der Waals surface area (Å²) in [5.74, 6) is 0. The van der Waals surface area contributed by atoms with Gasteiger partial charge in [-0.2, -0.15) is 0 Å². The molecule has 0 amide bonds. The Labute approximate surface area is 125 Å². The summed E-state index contributed by atoms with van der Waals surface area (Å²) in [5, 5.41) is 0. The minimum Gasteiger partial charge on any atom is -1.00 e. The minimum absolute atomic E-state index is 0. The summed E-state index contributed by atoms with van der Waals surface area (Å²) in [6, 6.07) is 0. The van der Waals surface area contributed by atoms with Crippen molar-refractivity contribution >= 4 is 105 Å². The Morgan fingerprint density at radius 1 is 1.25 bits per heavy atom. The van der Waals surface area contributed by atoms with Crippen LogP contribution >= 0.6 is 0 Å². The third-order valence-electron chi connectivity index (χ3n) is 0. The quantitative estimate of drug-likeness (QED) is 0.478. The smallest absolute Gasteiger partial charge is 1.00 e. The molecule has 4 heavy (non-hydrogen) atoms. The Kier molecular flexibility index (Phi) is 99.1. The molecule has 4 heteroatoms. The van der Waals surface area contributed by atoms with Gasteiger partial charge in [0.25, 0.3) is 0 Å². The first-order valence-electron chi connectivity index (χ1n) is 0. The van der Waals surface area contributed by atoms with Crippen LogP contribution in [-0.4, -0.2) is 105 Å². The first kappa shape index (κ1) is 25.0.